The Balaban J connectivity index is 0.00000121. The molecule has 4 aliphatic carbocycles. The second-order valence-corrected chi connectivity index (χ2v) is 9.43. The van der Waals surface area contributed by atoms with E-state index in [4.69, 9.17) is 4.74 Å². The van der Waals surface area contributed by atoms with Gasteiger partial charge < -0.3 is 4.74 Å². The number of fused-ring (bicyclic) bond motifs is 9. The van der Waals surface area contributed by atoms with Gasteiger partial charge in [0.15, 0.2) is 0 Å². The molecule has 4 saturated carbocycles. The summed E-state index contributed by atoms with van der Waals surface area (Å²) in [4.78, 5) is 12.9. The van der Waals surface area contributed by atoms with E-state index in [2.05, 4.69) is 0 Å². The minimum absolute atomic E-state index is 0. The van der Waals surface area contributed by atoms with Crippen LogP contribution in [-0.4, -0.2) is 17.7 Å². The zero-order valence-electron chi connectivity index (χ0n) is 16.2. The number of halogens is 3. The summed E-state index contributed by atoms with van der Waals surface area (Å²) in [5.41, 5.74) is -3.29. The predicted molar refractivity (Wildman–Crippen MR) is 82.7 cm³/mol. The number of alkyl halides is 3. The van der Waals surface area contributed by atoms with Gasteiger partial charge in [-0.2, -0.15) is 26.0 Å². The van der Waals surface area contributed by atoms with Crippen LogP contribution >= 0.6 is 0 Å². The summed E-state index contributed by atoms with van der Waals surface area (Å²) in [6.07, 6.45) is -0.791. The van der Waals surface area contributed by atoms with E-state index in [-0.39, 0.29) is 11.8 Å². The number of carbonyl (C=O) groups is 1. The standard InChI is InChI=1S/C19H26F3O2.2Rf/c1-9-12-8-13(15-11-6-5-10(7-11)14(12)15)18(9,19(20,21)22)16(23)24-17(2,3)4;;/h10-15H,5-8H2,1-4H3;;/q-1;;. The van der Waals surface area contributed by atoms with Gasteiger partial charge in [-0.15, -0.1) is 0 Å². The first-order valence-electron chi connectivity index (χ1n) is 9.12. The maximum Gasteiger partial charge on any atom is 0.378 e. The summed E-state index contributed by atoms with van der Waals surface area (Å²) in [6.45, 7) is 6.48. The molecule has 140 valence electrons. The fourth-order valence-electron chi connectivity index (χ4n) is 6.90. The third-order valence-electron chi connectivity index (χ3n) is 7.39. The van der Waals surface area contributed by atoms with Crippen LogP contribution in [0.1, 0.15) is 53.4 Å². The molecule has 0 saturated heterocycles. The van der Waals surface area contributed by atoms with Crippen molar-refractivity contribution in [3.63, 3.8) is 0 Å². The van der Waals surface area contributed by atoms with E-state index in [0.29, 0.717) is 30.1 Å². The molecule has 7 unspecified atom stereocenters. The Bertz CT molecular complexity index is 574. The number of hydrogen-bond donors (Lipinski definition) is 0. The largest absolute Gasteiger partial charge is 0.461 e. The fraction of sp³-hybridized carbons (Fsp3) is 0.895. The van der Waals surface area contributed by atoms with E-state index in [1.54, 1.807) is 27.7 Å². The van der Waals surface area contributed by atoms with Crippen LogP contribution in [-0.2, 0) is 9.53 Å². The van der Waals surface area contributed by atoms with Gasteiger partial charge in [-0.25, -0.2) is 0 Å². The fourth-order valence-corrected chi connectivity index (χ4v) is 6.90. The van der Waals surface area contributed by atoms with Crippen molar-refractivity contribution >= 4 is 5.97 Å². The average Bonchev–Trinajstić information content (AvgIpc) is 3.11. The van der Waals surface area contributed by atoms with Crippen LogP contribution in [0.15, 0.2) is 0 Å². The van der Waals surface area contributed by atoms with Crippen LogP contribution in [0.25, 0.3) is 0 Å². The van der Waals surface area contributed by atoms with E-state index in [1.165, 1.54) is 0 Å². The Kier molecular flexibility index (Phi) is 3.87. The van der Waals surface area contributed by atoms with E-state index in [0.717, 1.165) is 19.3 Å². The molecule has 2 nitrogen and oxygen atoms in total. The van der Waals surface area contributed by atoms with Gasteiger partial charge in [0.2, 0.25) is 0 Å². The molecule has 7 atom stereocenters. The number of rotatable bonds is 1. The first-order chi connectivity index (χ1) is 11.0. The molecule has 7 heteroatoms. The van der Waals surface area contributed by atoms with Gasteiger partial charge in [0.05, 0.1) is 0 Å². The van der Waals surface area contributed by atoms with Gasteiger partial charge in [-0.05, 0) is 63.7 Å². The quantitative estimate of drug-likeness (QED) is 0.216. The van der Waals surface area contributed by atoms with Crippen LogP contribution in [0.5, 0.6) is 0 Å². The van der Waals surface area contributed by atoms with Crippen molar-refractivity contribution in [1.29, 1.82) is 0 Å². The maximum absolute atomic E-state index is 14.3. The molecule has 4 aliphatic rings. The molecule has 0 heterocycles. The first kappa shape index (κ1) is 19.6. The molecule has 0 N–H and O–H groups in total. The molecule has 0 aliphatic heterocycles. The summed E-state index contributed by atoms with van der Waals surface area (Å²) < 4.78 is 48.3. The average molecular weight is 877 g/mol. The van der Waals surface area contributed by atoms with Crippen LogP contribution in [0, 0.1) is 46.8 Å². The van der Waals surface area contributed by atoms with Crippen LogP contribution in [0.2, 0.25) is 0 Å². The van der Waals surface area contributed by atoms with Crippen LogP contribution in [0.3, 0.4) is 0 Å². The van der Waals surface area contributed by atoms with Crippen molar-refractivity contribution in [2.24, 2.45) is 40.9 Å². The van der Waals surface area contributed by atoms with Gasteiger partial charge in [-0.1, -0.05) is 12.3 Å². The number of carbonyl (C=O) groups excluding carboxylic acids is 1. The van der Waals surface area contributed by atoms with Crippen molar-refractivity contribution in [1.82, 2.24) is 0 Å². The van der Waals surface area contributed by atoms with Crippen molar-refractivity contribution in [3.8, 4) is 0 Å². The Morgan fingerprint density at radius 1 is 1.04 bits per heavy atom. The second kappa shape index (κ2) is 5.14. The Labute approximate surface area is 141 Å². The summed E-state index contributed by atoms with van der Waals surface area (Å²) in [7, 11) is 0. The minimum Gasteiger partial charge on any atom is -0.461 e. The van der Waals surface area contributed by atoms with E-state index >= 15 is 0 Å². The molecule has 0 aromatic carbocycles. The van der Waals surface area contributed by atoms with Crippen molar-refractivity contribution in [2.45, 2.75) is 65.2 Å². The van der Waals surface area contributed by atoms with Gasteiger partial charge in [0.1, 0.15) is 5.60 Å². The molecule has 26 heavy (non-hydrogen) atoms. The molecule has 0 aromatic rings. The van der Waals surface area contributed by atoms with Gasteiger partial charge in [0, 0.05) is 5.41 Å². The van der Waals surface area contributed by atoms with E-state index in [1.807, 2.05) is 0 Å². The number of ether oxygens (including phenoxy) is 1. The minimum atomic E-state index is -4.58. The van der Waals surface area contributed by atoms with Crippen molar-refractivity contribution < 1.29 is 22.7 Å². The summed E-state index contributed by atoms with van der Waals surface area (Å²) in [5, 5.41) is 0. The number of esters is 1. The Morgan fingerprint density at radius 3 is 2.08 bits per heavy atom. The maximum atomic E-state index is 14.3. The molecule has 0 spiro atoms. The first-order valence-corrected chi connectivity index (χ1v) is 9.12. The topological polar surface area (TPSA) is 26.3 Å². The third-order valence-corrected chi connectivity index (χ3v) is 7.39. The molecular formula is C19H26F3O2Rf2-. The van der Waals surface area contributed by atoms with Gasteiger partial charge in [0.25, 0.3) is 5.97 Å². The van der Waals surface area contributed by atoms with Crippen molar-refractivity contribution in [2.75, 3.05) is 0 Å². The van der Waals surface area contributed by atoms with Crippen LogP contribution < -0.4 is 0 Å². The molecule has 4 fully saturated rings. The summed E-state index contributed by atoms with van der Waals surface area (Å²) in [6, 6.07) is 0. The van der Waals surface area contributed by atoms with Gasteiger partial charge >= 0.3 is 6.18 Å². The molecule has 0 radical (unpaired) electrons. The van der Waals surface area contributed by atoms with Gasteiger partial charge in [-0.3, -0.25) is 10.7 Å². The zero-order chi connectivity index (χ0) is 17.7. The summed E-state index contributed by atoms with van der Waals surface area (Å²) >= 11 is 0. The second-order valence-electron chi connectivity index (χ2n) is 9.43. The normalized spacial score (nSPS) is 43.7. The molecular weight excluding hydrogens is 851 g/mol. The SMILES string of the molecule is C[C-]1C2CC(C3C4CCC(C4)C23)C1(C(=O)OC(C)(C)C)C(F)(F)F.[Rf].[Rf]. The predicted octanol–water partition coefficient (Wildman–Crippen LogP) is 4.78. The monoisotopic (exact) mass is 877 g/mol. The smallest absolute Gasteiger partial charge is 0.378 e. The zero-order valence-corrected chi connectivity index (χ0v) is 29.0. The van der Waals surface area contributed by atoms with Crippen molar-refractivity contribution in [3.05, 3.63) is 5.92 Å². The van der Waals surface area contributed by atoms with E-state index < -0.39 is 29.1 Å². The van der Waals surface area contributed by atoms with E-state index in [9.17, 15) is 18.0 Å². The van der Waals surface area contributed by atoms with Crippen LogP contribution in [0.4, 0.5) is 13.2 Å². The Hall–Kier alpha value is -2.74. The molecule has 0 amide bonds. The molecule has 4 rings (SSSR count). The summed E-state index contributed by atoms with van der Waals surface area (Å²) in [5.74, 6) is 0.0132. The molecule has 4 bridgehead atoms. The molecule has 0 aromatic heterocycles. The third kappa shape index (κ3) is 1.99. The Morgan fingerprint density at radius 2 is 1.58 bits per heavy atom. The number of hydrogen-bond acceptors (Lipinski definition) is 2.